The number of nitrogens with one attached hydrogen (secondary N) is 1. The third kappa shape index (κ3) is 43.0. The number of aliphatic hydroxyl groups excluding tert-OH is 2. The van der Waals surface area contributed by atoms with Gasteiger partial charge in [-0.2, -0.15) is 0 Å². The first-order chi connectivity index (χ1) is 30.0. The maximum Gasteiger partial charge on any atom is 0.306 e. The van der Waals surface area contributed by atoms with Crippen LogP contribution >= 0.6 is 0 Å². The number of amides is 1. The molecule has 0 spiro atoms. The van der Waals surface area contributed by atoms with Crippen LogP contribution in [0.2, 0.25) is 0 Å². The van der Waals surface area contributed by atoms with E-state index in [1.54, 1.807) is 0 Å². The summed E-state index contributed by atoms with van der Waals surface area (Å²) in [6.45, 7) is 6.26. The molecular weight excluding hydrogens is 755 g/mol. The van der Waals surface area contributed by atoms with Crippen molar-refractivity contribution in [3.05, 3.63) is 109 Å². The van der Waals surface area contributed by atoms with Crippen molar-refractivity contribution < 1.29 is 24.5 Å². The molecule has 0 fully saturated rings. The average molecular weight is 846 g/mol. The Kier molecular flexibility index (Phi) is 44.9. The number of carbonyl (C=O) groups excluding carboxylic acids is 2. The van der Waals surface area contributed by atoms with Crippen molar-refractivity contribution in [2.75, 3.05) is 6.61 Å². The number of esters is 1. The van der Waals surface area contributed by atoms with Gasteiger partial charge in [-0.15, -0.1) is 0 Å². The second-order valence-corrected chi connectivity index (χ2v) is 16.3. The highest BCUT2D eigenvalue weighted by molar-refractivity contribution is 5.77. The van der Waals surface area contributed by atoms with Gasteiger partial charge in [-0.1, -0.05) is 226 Å². The highest BCUT2D eigenvalue weighted by atomic mass is 16.5. The van der Waals surface area contributed by atoms with Gasteiger partial charge in [0.1, 0.15) is 6.10 Å². The Balaban J connectivity index is 4.81. The lowest BCUT2D eigenvalue weighted by Crippen LogP contribution is -2.46. The Morgan fingerprint density at radius 1 is 0.492 bits per heavy atom. The lowest BCUT2D eigenvalue weighted by Gasteiger charge is -2.24. The van der Waals surface area contributed by atoms with Crippen LogP contribution in [0.1, 0.15) is 201 Å². The van der Waals surface area contributed by atoms with Crippen LogP contribution in [0.3, 0.4) is 0 Å². The minimum Gasteiger partial charge on any atom is -0.462 e. The van der Waals surface area contributed by atoms with E-state index < -0.39 is 18.2 Å². The molecule has 0 saturated carbocycles. The zero-order chi connectivity index (χ0) is 44.5. The van der Waals surface area contributed by atoms with E-state index in [1.807, 2.05) is 60.8 Å². The fourth-order valence-corrected chi connectivity index (χ4v) is 6.81. The van der Waals surface area contributed by atoms with Crippen LogP contribution in [0.15, 0.2) is 109 Å². The summed E-state index contributed by atoms with van der Waals surface area (Å²) < 4.78 is 5.89. The van der Waals surface area contributed by atoms with Gasteiger partial charge >= 0.3 is 5.97 Å². The Labute approximate surface area is 375 Å². The van der Waals surface area contributed by atoms with Gasteiger partial charge in [0.2, 0.25) is 5.91 Å². The van der Waals surface area contributed by atoms with Crippen LogP contribution in [-0.4, -0.2) is 46.9 Å². The van der Waals surface area contributed by atoms with Crippen LogP contribution in [0.5, 0.6) is 0 Å². The molecule has 346 valence electrons. The fraction of sp³-hybridized carbons (Fsp3) is 0.636. The molecular formula is C55H91NO5. The summed E-state index contributed by atoms with van der Waals surface area (Å²) in [5.41, 5.74) is 0. The van der Waals surface area contributed by atoms with Gasteiger partial charge in [0.15, 0.2) is 0 Å². The van der Waals surface area contributed by atoms with Gasteiger partial charge in [0.25, 0.3) is 0 Å². The molecule has 0 heterocycles. The average Bonchev–Trinajstić information content (AvgIpc) is 3.25. The largest absolute Gasteiger partial charge is 0.462 e. The summed E-state index contributed by atoms with van der Waals surface area (Å²) >= 11 is 0. The molecule has 61 heavy (non-hydrogen) atoms. The van der Waals surface area contributed by atoms with Crippen molar-refractivity contribution in [2.45, 2.75) is 219 Å². The summed E-state index contributed by atoms with van der Waals surface area (Å²) in [5.74, 6) is -0.573. The van der Waals surface area contributed by atoms with Gasteiger partial charge < -0.3 is 20.3 Å². The number of hydrogen-bond donors (Lipinski definition) is 3. The van der Waals surface area contributed by atoms with Crippen LogP contribution in [-0.2, 0) is 14.3 Å². The summed E-state index contributed by atoms with van der Waals surface area (Å²) in [5, 5.41) is 23.7. The molecule has 0 rings (SSSR count). The van der Waals surface area contributed by atoms with Crippen molar-refractivity contribution >= 4 is 11.9 Å². The Bertz CT molecular complexity index is 1270. The molecule has 3 unspecified atom stereocenters. The van der Waals surface area contributed by atoms with Gasteiger partial charge in [0.05, 0.1) is 25.2 Å². The number of hydrogen-bond acceptors (Lipinski definition) is 5. The number of allylic oxidation sites excluding steroid dienone is 18. The van der Waals surface area contributed by atoms with E-state index in [4.69, 9.17) is 4.74 Å². The zero-order valence-electron chi connectivity index (χ0n) is 39.2. The number of unbranched alkanes of at least 4 members (excludes halogenated alkanes) is 19. The minimum absolute atomic E-state index is 0.0270. The fourth-order valence-electron chi connectivity index (χ4n) is 6.81. The highest BCUT2D eigenvalue weighted by Crippen LogP contribution is 2.16. The monoisotopic (exact) mass is 846 g/mol. The molecule has 0 aliphatic rings. The number of rotatable bonds is 42. The van der Waals surface area contributed by atoms with Crippen molar-refractivity contribution in [3.63, 3.8) is 0 Å². The van der Waals surface area contributed by atoms with E-state index in [0.29, 0.717) is 19.3 Å². The first kappa shape index (κ1) is 57.5. The number of carbonyl (C=O) groups is 2. The van der Waals surface area contributed by atoms with Crippen LogP contribution < -0.4 is 5.32 Å². The molecule has 1 amide bonds. The molecule has 6 heteroatoms. The third-order valence-corrected chi connectivity index (χ3v) is 10.6. The molecule has 6 nitrogen and oxygen atoms in total. The smallest absolute Gasteiger partial charge is 0.306 e. The summed E-state index contributed by atoms with van der Waals surface area (Å²) in [4.78, 5) is 26.1. The second-order valence-electron chi connectivity index (χ2n) is 16.3. The standard InChI is InChI=1S/C55H91NO5/c1-4-7-10-13-16-19-22-24-26-28-29-32-34-37-40-43-46-51(61-55(60)48-45-42-39-36-33-30-27-25-23-20-17-14-11-8-5-2)49-54(59)56-52(50-57)53(58)47-44-41-38-35-31-21-18-15-12-9-6-3/h8,11,14,16-17,19-20,22-30,32-33,51-53,57-58H,4-7,9-10,12-13,15,18,21,31,34-50H2,1-3H3,(H,56,59)/b11-8+,17-14+,19-16+,23-20-,24-22+,27-25-,28-26+,32-29+,33-30+. The van der Waals surface area contributed by atoms with E-state index in [-0.39, 0.29) is 24.9 Å². The predicted octanol–water partition coefficient (Wildman–Crippen LogP) is 14.7. The molecule has 0 aliphatic carbocycles. The molecule has 0 aromatic heterocycles. The lowest BCUT2D eigenvalue weighted by atomic mass is 10.0. The van der Waals surface area contributed by atoms with E-state index in [9.17, 15) is 19.8 Å². The van der Waals surface area contributed by atoms with Crippen molar-refractivity contribution in [2.24, 2.45) is 0 Å². The predicted molar refractivity (Wildman–Crippen MR) is 263 cm³/mol. The SMILES string of the molecule is CC/C=C/C=C/C=C\C=C/C=C/CCCCCC(=O)OC(CCCCC/C=C/C=C/C=C/C=C/CCCCC)CC(=O)NC(CO)C(O)CCCCCCCCCCCCC. The number of aliphatic hydroxyl groups is 2. The highest BCUT2D eigenvalue weighted by Gasteiger charge is 2.24. The number of ether oxygens (including phenoxy) is 1. The topological polar surface area (TPSA) is 95.9 Å². The lowest BCUT2D eigenvalue weighted by molar-refractivity contribution is -0.151. The molecule has 3 atom stereocenters. The van der Waals surface area contributed by atoms with Gasteiger partial charge in [-0.25, -0.2) is 0 Å². The molecule has 0 bridgehead atoms. The molecule has 0 radical (unpaired) electrons. The van der Waals surface area contributed by atoms with Crippen LogP contribution in [0.4, 0.5) is 0 Å². The molecule has 0 aliphatic heterocycles. The summed E-state index contributed by atoms with van der Waals surface area (Å²) in [6.07, 6.45) is 64.2. The first-order valence-electron chi connectivity index (χ1n) is 24.7. The van der Waals surface area contributed by atoms with E-state index in [1.165, 1.54) is 70.6 Å². The van der Waals surface area contributed by atoms with Crippen molar-refractivity contribution in [1.82, 2.24) is 5.32 Å². The molecule has 0 aromatic rings. The van der Waals surface area contributed by atoms with E-state index in [2.05, 4.69) is 74.7 Å². The normalized spacial score (nSPS) is 14.2. The third-order valence-electron chi connectivity index (χ3n) is 10.6. The molecule has 0 saturated heterocycles. The van der Waals surface area contributed by atoms with E-state index in [0.717, 1.165) is 83.5 Å². The van der Waals surface area contributed by atoms with Gasteiger partial charge in [0, 0.05) is 6.42 Å². The molecule has 0 aromatic carbocycles. The quantitative estimate of drug-likeness (QED) is 0.0323. The van der Waals surface area contributed by atoms with Gasteiger partial charge in [-0.3, -0.25) is 9.59 Å². The first-order valence-corrected chi connectivity index (χ1v) is 24.7. The van der Waals surface area contributed by atoms with Crippen LogP contribution in [0.25, 0.3) is 0 Å². The maximum atomic E-state index is 13.2. The van der Waals surface area contributed by atoms with Crippen LogP contribution in [0, 0.1) is 0 Å². The Morgan fingerprint density at radius 3 is 1.38 bits per heavy atom. The Morgan fingerprint density at radius 2 is 0.885 bits per heavy atom. The second kappa shape index (κ2) is 47.6. The van der Waals surface area contributed by atoms with Crippen molar-refractivity contribution in [3.8, 4) is 0 Å². The summed E-state index contributed by atoms with van der Waals surface area (Å²) in [7, 11) is 0. The van der Waals surface area contributed by atoms with E-state index >= 15 is 0 Å². The zero-order valence-corrected chi connectivity index (χ0v) is 39.2. The maximum absolute atomic E-state index is 13.2. The minimum atomic E-state index is -0.812. The summed E-state index contributed by atoms with van der Waals surface area (Å²) in [6, 6.07) is -0.730. The molecule has 3 N–H and O–H groups in total. The van der Waals surface area contributed by atoms with Gasteiger partial charge in [-0.05, 0) is 70.6 Å². The Hall–Kier alpha value is -3.48. The van der Waals surface area contributed by atoms with Crippen molar-refractivity contribution in [1.29, 1.82) is 0 Å².